The molecule has 0 aliphatic heterocycles. The smallest absolute Gasteiger partial charge is 0.126 e. The normalized spacial score (nSPS) is 19.1. The van der Waals surface area contributed by atoms with Gasteiger partial charge in [0.15, 0.2) is 0 Å². The molecule has 19 heavy (non-hydrogen) atoms. The van der Waals surface area contributed by atoms with Crippen LogP contribution in [-0.2, 0) is 0 Å². The van der Waals surface area contributed by atoms with Crippen LogP contribution < -0.4 is 5.32 Å². The third-order valence-corrected chi connectivity index (χ3v) is 4.18. The molecule has 0 radical (unpaired) electrons. The van der Waals surface area contributed by atoms with Gasteiger partial charge in [-0.2, -0.15) is 0 Å². The van der Waals surface area contributed by atoms with Crippen LogP contribution in [0.25, 0.3) is 0 Å². The number of hydrogen-bond donors (Lipinski definition) is 1. The summed E-state index contributed by atoms with van der Waals surface area (Å²) in [5.74, 6) is -0.307. The summed E-state index contributed by atoms with van der Waals surface area (Å²) in [6.45, 7) is 0. The molecule has 0 spiro atoms. The fourth-order valence-corrected chi connectivity index (χ4v) is 3.13. The summed E-state index contributed by atoms with van der Waals surface area (Å²) in [7, 11) is 1.87. The van der Waals surface area contributed by atoms with Crippen LogP contribution in [0, 0.1) is 17.6 Å². The molecule has 1 N–H and O–H groups in total. The number of rotatable bonds is 4. The Morgan fingerprint density at radius 2 is 1.63 bits per heavy atom. The largest absolute Gasteiger partial charge is 0.313 e. The number of hydrogen-bond acceptors (Lipinski definition) is 1. The standard InChI is InChI=1S/C16H23F2N/c1-19-16(8-12-6-4-2-3-5-7-12)13-9-14(17)11-15(18)10-13/h9-12,16,19H,2-8H2,1H3. The summed E-state index contributed by atoms with van der Waals surface area (Å²) >= 11 is 0. The second-order valence-corrected chi connectivity index (χ2v) is 5.64. The summed E-state index contributed by atoms with van der Waals surface area (Å²) in [5, 5.41) is 3.21. The van der Waals surface area contributed by atoms with Crippen molar-refractivity contribution >= 4 is 0 Å². The second kappa shape index (κ2) is 6.99. The van der Waals surface area contributed by atoms with Crippen molar-refractivity contribution in [3.8, 4) is 0 Å². The van der Waals surface area contributed by atoms with Gasteiger partial charge in [0.2, 0.25) is 0 Å². The zero-order chi connectivity index (χ0) is 13.7. The third-order valence-electron chi connectivity index (χ3n) is 4.18. The van der Waals surface area contributed by atoms with E-state index in [9.17, 15) is 8.78 Å². The van der Waals surface area contributed by atoms with Crippen LogP contribution in [-0.4, -0.2) is 7.05 Å². The van der Waals surface area contributed by atoms with E-state index >= 15 is 0 Å². The van der Waals surface area contributed by atoms with E-state index in [1.807, 2.05) is 7.05 Å². The van der Waals surface area contributed by atoms with Gasteiger partial charge in [0.25, 0.3) is 0 Å². The number of benzene rings is 1. The van der Waals surface area contributed by atoms with Gasteiger partial charge in [-0.05, 0) is 37.1 Å². The average molecular weight is 267 g/mol. The van der Waals surface area contributed by atoms with Gasteiger partial charge in [0.05, 0.1) is 0 Å². The first-order chi connectivity index (χ1) is 9.19. The molecule has 1 aliphatic carbocycles. The van der Waals surface area contributed by atoms with Crippen molar-refractivity contribution in [2.45, 2.75) is 51.0 Å². The van der Waals surface area contributed by atoms with Gasteiger partial charge in [-0.1, -0.05) is 38.5 Å². The van der Waals surface area contributed by atoms with Crippen molar-refractivity contribution in [1.82, 2.24) is 5.32 Å². The molecular weight excluding hydrogens is 244 g/mol. The summed E-state index contributed by atoms with van der Waals surface area (Å²) in [4.78, 5) is 0. The molecule has 1 unspecified atom stereocenters. The van der Waals surface area contributed by atoms with Gasteiger partial charge in [0.1, 0.15) is 11.6 Å². The maximum absolute atomic E-state index is 13.3. The lowest BCUT2D eigenvalue weighted by Gasteiger charge is -2.22. The van der Waals surface area contributed by atoms with Crippen LogP contribution in [0.1, 0.15) is 56.6 Å². The van der Waals surface area contributed by atoms with Crippen LogP contribution in [0.2, 0.25) is 0 Å². The van der Waals surface area contributed by atoms with Crippen molar-refractivity contribution < 1.29 is 8.78 Å². The number of nitrogens with one attached hydrogen (secondary N) is 1. The molecular formula is C16H23F2N. The molecule has 0 aromatic heterocycles. The lowest BCUT2D eigenvalue weighted by Crippen LogP contribution is -2.20. The molecule has 106 valence electrons. The average Bonchev–Trinajstić information content (AvgIpc) is 2.63. The molecule has 1 atom stereocenters. The third kappa shape index (κ3) is 4.27. The highest BCUT2D eigenvalue weighted by Gasteiger charge is 2.19. The molecule has 1 fully saturated rings. The van der Waals surface area contributed by atoms with Gasteiger partial charge in [-0.25, -0.2) is 8.78 Å². The fourth-order valence-electron chi connectivity index (χ4n) is 3.13. The van der Waals surface area contributed by atoms with Gasteiger partial charge >= 0.3 is 0 Å². The summed E-state index contributed by atoms with van der Waals surface area (Å²) in [6, 6.07) is 3.87. The van der Waals surface area contributed by atoms with Crippen LogP contribution in [0.4, 0.5) is 8.78 Å². The molecule has 3 heteroatoms. The molecule has 0 amide bonds. The molecule has 0 heterocycles. The van der Waals surface area contributed by atoms with Crippen LogP contribution >= 0.6 is 0 Å². The van der Waals surface area contributed by atoms with E-state index in [0.29, 0.717) is 5.92 Å². The first-order valence-electron chi connectivity index (χ1n) is 7.32. The van der Waals surface area contributed by atoms with Gasteiger partial charge < -0.3 is 5.32 Å². The maximum atomic E-state index is 13.3. The Labute approximate surface area is 114 Å². The van der Waals surface area contributed by atoms with Crippen LogP contribution in [0.3, 0.4) is 0 Å². The van der Waals surface area contributed by atoms with Crippen molar-refractivity contribution in [2.24, 2.45) is 5.92 Å². The molecule has 1 aromatic carbocycles. The van der Waals surface area contributed by atoms with E-state index < -0.39 is 11.6 Å². The van der Waals surface area contributed by atoms with E-state index in [4.69, 9.17) is 0 Å². The van der Waals surface area contributed by atoms with Crippen molar-refractivity contribution in [2.75, 3.05) is 7.05 Å². The first-order valence-corrected chi connectivity index (χ1v) is 7.32. The Balaban J connectivity index is 2.05. The predicted molar refractivity (Wildman–Crippen MR) is 74.0 cm³/mol. The minimum absolute atomic E-state index is 0.0494. The maximum Gasteiger partial charge on any atom is 0.126 e. The van der Waals surface area contributed by atoms with Gasteiger partial charge in [0, 0.05) is 12.1 Å². The van der Waals surface area contributed by atoms with E-state index in [-0.39, 0.29) is 6.04 Å². The minimum atomic E-state index is -0.490. The Morgan fingerprint density at radius 1 is 1.05 bits per heavy atom. The molecule has 1 nitrogen and oxygen atoms in total. The topological polar surface area (TPSA) is 12.0 Å². The zero-order valence-electron chi connectivity index (χ0n) is 11.6. The first kappa shape index (κ1) is 14.4. The van der Waals surface area contributed by atoms with Crippen molar-refractivity contribution in [1.29, 1.82) is 0 Å². The SMILES string of the molecule is CNC(CC1CCCCCC1)c1cc(F)cc(F)c1. The molecule has 1 aromatic rings. The van der Waals surface area contributed by atoms with Crippen molar-refractivity contribution in [3.63, 3.8) is 0 Å². The Kier molecular flexibility index (Phi) is 5.32. The fraction of sp³-hybridized carbons (Fsp3) is 0.625. The lowest BCUT2D eigenvalue weighted by molar-refractivity contribution is 0.366. The molecule has 1 saturated carbocycles. The highest BCUT2D eigenvalue weighted by Crippen LogP contribution is 2.31. The lowest BCUT2D eigenvalue weighted by atomic mass is 9.89. The highest BCUT2D eigenvalue weighted by atomic mass is 19.1. The monoisotopic (exact) mass is 267 g/mol. The molecule has 0 bridgehead atoms. The Hall–Kier alpha value is -0.960. The number of halogens is 2. The minimum Gasteiger partial charge on any atom is -0.313 e. The van der Waals surface area contributed by atoms with Gasteiger partial charge in [-0.3, -0.25) is 0 Å². The van der Waals surface area contributed by atoms with E-state index in [1.54, 1.807) is 0 Å². The molecule has 1 aliphatic rings. The molecule has 2 rings (SSSR count). The zero-order valence-corrected chi connectivity index (χ0v) is 11.6. The summed E-state index contributed by atoms with van der Waals surface area (Å²) in [5.41, 5.74) is 0.726. The van der Waals surface area contributed by atoms with Crippen molar-refractivity contribution in [3.05, 3.63) is 35.4 Å². The molecule has 0 saturated heterocycles. The van der Waals surface area contributed by atoms with E-state index in [1.165, 1.54) is 50.7 Å². The van der Waals surface area contributed by atoms with Crippen LogP contribution in [0.15, 0.2) is 18.2 Å². The second-order valence-electron chi connectivity index (χ2n) is 5.64. The Morgan fingerprint density at radius 3 is 2.16 bits per heavy atom. The summed E-state index contributed by atoms with van der Waals surface area (Å²) in [6.07, 6.45) is 8.70. The van der Waals surface area contributed by atoms with Crippen LogP contribution in [0.5, 0.6) is 0 Å². The van der Waals surface area contributed by atoms with Gasteiger partial charge in [-0.15, -0.1) is 0 Å². The summed E-state index contributed by atoms with van der Waals surface area (Å²) < 4.78 is 26.6. The highest BCUT2D eigenvalue weighted by molar-refractivity contribution is 5.21. The predicted octanol–water partition coefficient (Wildman–Crippen LogP) is 4.59. The quantitative estimate of drug-likeness (QED) is 0.787. The Bertz CT molecular complexity index is 377. The van der Waals surface area contributed by atoms with E-state index in [0.717, 1.165) is 18.1 Å². The van der Waals surface area contributed by atoms with E-state index in [2.05, 4.69) is 5.32 Å².